The van der Waals surface area contributed by atoms with Crippen molar-refractivity contribution in [1.82, 2.24) is 15.1 Å². The van der Waals surface area contributed by atoms with E-state index in [9.17, 15) is 0 Å². The summed E-state index contributed by atoms with van der Waals surface area (Å²) >= 11 is 0. The second-order valence-corrected chi connectivity index (χ2v) is 4.93. The molecular weight excluding hydrogens is 262 g/mol. The van der Waals surface area contributed by atoms with Crippen LogP contribution < -0.4 is 0 Å². The summed E-state index contributed by atoms with van der Waals surface area (Å²) in [5.74, 6) is 1.25. The maximum absolute atomic E-state index is 5.41. The average molecular weight is 275 g/mol. The molecule has 0 unspecified atom stereocenters. The molecule has 0 fully saturated rings. The Labute approximate surface area is 121 Å². The van der Waals surface area contributed by atoms with Gasteiger partial charge in [-0.25, -0.2) is 0 Å². The van der Waals surface area contributed by atoms with E-state index < -0.39 is 0 Å². The lowest BCUT2D eigenvalue weighted by Crippen LogP contribution is -1.89. The van der Waals surface area contributed by atoms with Gasteiger partial charge in [0.15, 0.2) is 5.82 Å². The number of nitrogens with one attached hydrogen (secondary N) is 1. The van der Waals surface area contributed by atoms with Crippen molar-refractivity contribution in [3.05, 3.63) is 72.2 Å². The summed E-state index contributed by atoms with van der Waals surface area (Å²) in [5, 5.41) is 5.16. The number of nitrogens with zero attached hydrogens (tertiary/aromatic N) is 2. The van der Waals surface area contributed by atoms with Crippen LogP contribution in [0.3, 0.4) is 0 Å². The zero-order chi connectivity index (χ0) is 14.1. The zero-order valence-electron chi connectivity index (χ0n) is 11.3. The highest BCUT2D eigenvalue weighted by Crippen LogP contribution is 2.27. The lowest BCUT2D eigenvalue weighted by atomic mass is 10.1. The predicted molar refractivity (Wildman–Crippen MR) is 80.8 cm³/mol. The molecule has 4 rings (SSSR count). The van der Waals surface area contributed by atoms with Crippen molar-refractivity contribution < 1.29 is 4.52 Å². The summed E-state index contributed by atoms with van der Waals surface area (Å²) in [6.07, 6.45) is 2.58. The Kier molecular flexibility index (Phi) is 2.78. The fraction of sp³-hybridized carbons (Fsp3) is 0.0588. The van der Waals surface area contributed by atoms with Crippen LogP contribution >= 0.6 is 0 Å². The minimum absolute atomic E-state index is 0.554. The minimum atomic E-state index is 0.554. The molecule has 2 aromatic carbocycles. The lowest BCUT2D eigenvalue weighted by molar-refractivity contribution is 0.424. The topological polar surface area (TPSA) is 54.7 Å². The summed E-state index contributed by atoms with van der Waals surface area (Å²) in [7, 11) is 0. The smallest absolute Gasteiger partial charge is 0.260 e. The summed E-state index contributed by atoms with van der Waals surface area (Å²) in [6.45, 7) is 0. The first-order valence-corrected chi connectivity index (χ1v) is 6.83. The Balaban J connectivity index is 1.68. The van der Waals surface area contributed by atoms with Crippen molar-refractivity contribution in [1.29, 1.82) is 0 Å². The molecule has 1 N–H and O–H groups in total. The van der Waals surface area contributed by atoms with Crippen LogP contribution in [0, 0.1) is 0 Å². The zero-order valence-corrected chi connectivity index (χ0v) is 11.3. The van der Waals surface area contributed by atoms with Crippen molar-refractivity contribution in [2.24, 2.45) is 0 Å². The van der Waals surface area contributed by atoms with Gasteiger partial charge in [-0.2, -0.15) is 4.98 Å². The maximum atomic E-state index is 5.41. The van der Waals surface area contributed by atoms with Crippen LogP contribution in [0.4, 0.5) is 0 Å². The molecule has 4 nitrogen and oxygen atoms in total. The minimum Gasteiger partial charge on any atom is -0.360 e. The normalized spacial score (nSPS) is 11.0. The van der Waals surface area contributed by atoms with E-state index in [-0.39, 0.29) is 0 Å². The predicted octanol–water partition coefficient (Wildman–Crippen LogP) is 3.81. The highest BCUT2D eigenvalue weighted by Gasteiger charge is 2.13. The van der Waals surface area contributed by atoms with Crippen LogP contribution in [-0.4, -0.2) is 15.1 Å². The van der Waals surface area contributed by atoms with Gasteiger partial charge in [-0.05, 0) is 11.6 Å². The second kappa shape index (κ2) is 4.90. The fourth-order valence-corrected chi connectivity index (χ4v) is 2.46. The Morgan fingerprint density at radius 2 is 1.76 bits per heavy atom. The summed E-state index contributed by atoms with van der Waals surface area (Å²) in [5.41, 5.74) is 3.18. The Morgan fingerprint density at radius 1 is 0.952 bits per heavy atom. The molecule has 4 aromatic rings. The van der Waals surface area contributed by atoms with Crippen LogP contribution in [0.15, 0.2) is 65.3 Å². The highest BCUT2D eigenvalue weighted by atomic mass is 16.5. The fourth-order valence-electron chi connectivity index (χ4n) is 2.46. The molecule has 0 aliphatic heterocycles. The van der Waals surface area contributed by atoms with E-state index in [4.69, 9.17) is 4.52 Å². The number of hydrogen-bond acceptors (Lipinski definition) is 3. The first-order chi connectivity index (χ1) is 10.4. The molecule has 0 spiro atoms. The van der Waals surface area contributed by atoms with Gasteiger partial charge >= 0.3 is 0 Å². The van der Waals surface area contributed by atoms with E-state index in [1.54, 1.807) is 0 Å². The second-order valence-electron chi connectivity index (χ2n) is 4.93. The molecule has 0 saturated heterocycles. The van der Waals surface area contributed by atoms with Crippen molar-refractivity contribution in [2.45, 2.75) is 6.42 Å². The van der Waals surface area contributed by atoms with Gasteiger partial charge < -0.3 is 9.51 Å². The van der Waals surface area contributed by atoms with Gasteiger partial charge in [0.2, 0.25) is 0 Å². The van der Waals surface area contributed by atoms with E-state index in [1.807, 2.05) is 48.7 Å². The molecule has 2 aromatic heterocycles. The number of benzene rings is 2. The van der Waals surface area contributed by atoms with Crippen molar-refractivity contribution >= 4 is 10.9 Å². The standard InChI is InChI=1S/C17H13N3O/c1-2-6-12(7-3-1)10-16-19-17(21-20-16)14-11-18-15-9-5-4-8-13(14)15/h1-9,11,18H,10H2. The molecule has 21 heavy (non-hydrogen) atoms. The molecule has 0 atom stereocenters. The molecule has 4 heteroatoms. The Bertz CT molecular complexity index is 877. The SMILES string of the molecule is c1ccc(Cc2noc(-c3c[nH]c4ccccc34)n2)cc1. The van der Waals surface area contributed by atoms with Gasteiger partial charge in [0.1, 0.15) is 0 Å². The molecule has 2 heterocycles. The number of H-pyrrole nitrogens is 1. The highest BCUT2D eigenvalue weighted by molar-refractivity contribution is 5.93. The van der Waals surface area contributed by atoms with Crippen molar-refractivity contribution in [2.75, 3.05) is 0 Å². The van der Waals surface area contributed by atoms with E-state index in [0.29, 0.717) is 18.1 Å². The first-order valence-electron chi connectivity index (χ1n) is 6.83. The van der Waals surface area contributed by atoms with Gasteiger partial charge in [-0.15, -0.1) is 0 Å². The van der Waals surface area contributed by atoms with Crippen LogP contribution in [0.25, 0.3) is 22.4 Å². The van der Waals surface area contributed by atoms with E-state index >= 15 is 0 Å². The van der Waals surface area contributed by atoms with Crippen molar-refractivity contribution in [3.8, 4) is 11.5 Å². The van der Waals surface area contributed by atoms with Gasteiger partial charge in [-0.1, -0.05) is 53.7 Å². The van der Waals surface area contributed by atoms with Gasteiger partial charge in [-0.3, -0.25) is 0 Å². The number of aromatic nitrogens is 3. The molecule has 0 aliphatic carbocycles. The van der Waals surface area contributed by atoms with Crippen molar-refractivity contribution in [3.63, 3.8) is 0 Å². The third-order valence-electron chi connectivity index (χ3n) is 3.49. The quantitative estimate of drug-likeness (QED) is 0.618. The number of rotatable bonds is 3. The molecule has 102 valence electrons. The third kappa shape index (κ3) is 2.21. The summed E-state index contributed by atoms with van der Waals surface area (Å²) in [4.78, 5) is 7.72. The molecule has 0 radical (unpaired) electrons. The summed E-state index contributed by atoms with van der Waals surface area (Å²) in [6, 6.07) is 18.2. The molecular formula is C17H13N3O. The molecule has 0 aliphatic rings. The Hall–Kier alpha value is -2.88. The molecule has 0 bridgehead atoms. The molecule has 0 amide bonds. The number of fused-ring (bicyclic) bond motifs is 1. The largest absolute Gasteiger partial charge is 0.360 e. The number of hydrogen-bond donors (Lipinski definition) is 1. The lowest BCUT2D eigenvalue weighted by Gasteiger charge is -1.94. The third-order valence-corrected chi connectivity index (χ3v) is 3.49. The van der Waals surface area contributed by atoms with Gasteiger partial charge in [0.05, 0.1) is 5.56 Å². The van der Waals surface area contributed by atoms with E-state index in [0.717, 1.165) is 16.5 Å². The van der Waals surface area contributed by atoms with Crippen LogP contribution in [-0.2, 0) is 6.42 Å². The monoisotopic (exact) mass is 275 g/mol. The summed E-state index contributed by atoms with van der Waals surface area (Å²) < 4.78 is 5.41. The number of aromatic amines is 1. The maximum Gasteiger partial charge on any atom is 0.260 e. The first kappa shape index (κ1) is 11.9. The average Bonchev–Trinajstić information content (AvgIpc) is 3.14. The number of para-hydroxylation sites is 1. The Morgan fingerprint density at radius 3 is 2.67 bits per heavy atom. The van der Waals surface area contributed by atoms with Gasteiger partial charge in [0.25, 0.3) is 5.89 Å². The molecule has 0 saturated carbocycles. The van der Waals surface area contributed by atoms with E-state index in [1.165, 1.54) is 5.56 Å². The van der Waals surface area contributed by atoms with E-state index in [2.05, 4.69) is 27.3 Å². The van der Waals surface area contributed by atoms with Crippen LogP contribution in [0.1, 0.15) is 11.4 Å². The van der Waals surface area contributed by atoms with Crippen LogP contribution in [0.2, 0.25) is 0 Å². The van der Waals surface area contributed by atoms with Gasteiger partial charge in [0, 0.05) is 23.5 Å². The van der Waals surface area contributed by atoms with Crippen LogP contribution in [0.5, 0.6) is 0 Å².